The molecule has 1 N–H and O–H groups in total. The number of carbonyl (C=O) groups excluding carboxylic acids is 1. The maximum absolute atomic E-state index is 12.0. The number of hydrogen-bond donors (Lipinski definition) is 1. The molecule has 0 aliphatic rings. The van der Waals surface area contributed by atoms with Gasteiger partial charge in [0, 0.05) is 18.6 Å². The second kappa shape index (κ2) is 8.43. The van der Waals surface area contributed by atoms with Crippen molar-refractivity contribution < 1.29 is 4.79 Å². The average molecular weight is 228 g/mol. The number of nitrogens with one attached hydrogen (secondary N) is 1. The van der Waals surface area contributed by atoms with Crippen molar-refractivity contribution in [2.24, 2.45) is 0 Å². The highest BCUT2D eigenvalue weighted by Gasteiger charge is 2.18. The molecule has 0 spiro atoms. The first kappa shape index (κ1) is 15.3. The Kier molecular flexibility index (Phi) is 8.04. The number of nitrogens with zero attached hydrogens (tertiary/aromatic N) is 1. The molecule has 0 radical (unpaired) electrons. The summed E-state index contributed by atoms with van der Waals surface area (Å²) in [5.74, 6) is 0. The maximum Gasteiger partial charge on any atom is 0.317 e. The Bertz CT molecular complexity index is 194. The molecule has 0 aromatic rings. The minimum Gasteiger partial charge on any atom is -0.336 e. The third kappa shape index (κ3) is 5.38. The molecule has 0 aliphatic carbocycles. The van der Waals surface area contributed by atoms with Gasteiger partial charge in [0.05, 0.1) is 0 Å². The molecule has 3 heteroatoms. The number of amides is 2. The van der Waals surface area contributed by atoms with E-state index in [-0.39, 0.29) is 12.1 Å². The molecule has 0 aromatic carbocycles. The lowest BCUT2D eigenvalue weighted by molar-refractivity contribution is 0.172. The van der Waals surface area contributed by atoms with Crippen LogP contribution in [0, 0.1) is 0 Å². The van der Waals surface area contributed by atoms with Gasteiger partial charge < -0.3 is 10.2 Å². The van der Waals surface area contributed by atoms with Gasteiger partial charge in [-0.05, 0) is 33.1 Å². The molecule has 2 unspecified atom stereocenters. The fourth-order valence-corrected chi connectivity index (χ4v) is 1.47. The average Bonchev–Trinajstić information content (AvgIpc) is 2.28. The standard InChI is InChI=1S/C13H28N2O/c1-6-9-10-15(12(5)8-3)13(16)14-11(4)7-2/h11-12H,6-10H2,1-5H3,(H,14,16). The molecule has 0 aromatic heterocycles. The van der Waals surface area contributed by atoms with Crippen molar-refractivity contribution in [2.75, 3.05) is 6.54 Å². The lowest BCUT2D eigenvalue weighted by atomic mass is 10.2. The first-order chi connectivity index (χ1) is 7.56. The first-order valence-electron chi connectivity index (χ1n) is 6.63. The number of unbranched alkanes of at least 4 members (excludes halogenated alkanes) is 1. The molecule has 0 fully saturated rings. The Labute approximate surface area is 101 Å². The van der Waals surface area contributed by atoms with Crippen LogP contribution in [0.5, 0.6) is 0 Å². The Morgan fingerprint density at radius 3 is 2.25 bits per heavy atom. The highest BCUT2D eigenvalue weighted by atomic mass is 16.2. The SMILES string of the molecule is CCCCN(C(=O)NC(C)CC)C(C)CC. The van der Waals surface area contributed by atoms with E-state index in [9.17, 15) is 4.79 Å². The second-order valence-corrected chi connectivity index (χ2v) is 4.56. The van der Waals surface area contributed by atoms with Crippen LogP contribution in [0.3, 0.4) is 0 Å². The molecule has 0 saturated carbocycles. The van der Waals surface area contributed by atoms with Gasteiger partial charge in [-0.15, -0.1) is 0 Å². The molecule has 16 heavy (non-hydrogen) atoms. The molecular formula is C13H28N2O. The summed E-state index contributed by atoms with van der Waals surface area (Å²) in [6, 6.07) is 0.688. The van der Waals surface area contributed by atoms with E-state index in [0.29, 0.717) is 6.04 Å². The summed E-state index contributed by atoms with van der Waals surface area (Å²) >= 11 is 0. The molecule has 0 heterocycles. The Hall–Kier alpha value is -0.730. The third-order valence-electron chi connectivity index (χ3n) is 3.12. The molecule has 2 atom stereocenters. The summed E-state index contributed by atoms with van der Waals surface area (Å²) < 4.78 is 0. The van der Waals surface area contributed by atoms with Crippen molar-refractivity contribution in [3.8, 4) is 0 Å². The molecule has 0 saturated heterocycles. The van der Waals surface area contributed by atoms with E-state index in [4.69, 9.17) is 0 Å². The molecule has 0 rings (SSSR count). The van der Waals surface area contributed by atoms with Crippen molar-refractivity contribution >= 4 is 6.03 Å². The van der Waals surface area contributed by atoms with Crippen LogP contribution in [0.1, 0.15) is 60.3 Å². The zero-order chi connectivity index (χ0) is 12.6. The molecule has 3 nitrogen and oxygen atoms in total. The van der Waals surface area contributed by atoms with Crippen LogP contribution in [-0.2, 0) is 0 Å². The van der Waals surface area contributed by atoms with Crippen LogP contribution in [0.4, 0.5) is 4.79 Å². The van der Waals surface area contributed by atoms with E-state index < -0.39 is 0 Å². The fourth-order valence-electron chi connectivity index (χ4n) is 1.47. The quantitative estimate of drug-likeness (QED) is 0.711. The largest absolute Gasteiger partial charge is 0.336 e. The molecular weight excluding hydrogens is 200 g/mol. The van der Waals surface area contributed by atoms with Crippen LogP contribution in [-0.4, -0.2) is 29.6 Å². The van der Waals surface area contributed by atoms with Crippen LogP contribution < -0.4 is 5.32 Å². The van der Waals surface area contributed by atoms with Crippen molar-refractivity contribution in [3.05, 3.63) is 0 Å². The fraction of sp³-hybridized carbons (Fsp3) is 0.923. The lowest BCUT2D eigenvalue weighted by Gasteiger charge is -2.30. The summed E-state index contributed by atoms with van der Waals surface area (Å²) in [5, 5.41) is 3.04. The van der Waals surface area contributed by atoms with E-state index in [1.807, 2.05) is 11.8 Å². The number of urea groups is 1. The van der Waals surface area contributed by atoms with Gasteiger partial charge in [0.25, 0.3) is 0 Å². The number of carbonyl (C=O) groups is 1. The van der Waals surface area contributed by atoms with Gasteiger partial charge in [-0.2, -0.15) is 0 Å². The van der Waals surface area contributed by atoms with Gasteiger partial charge in [-0.3, -0.25) is 0 Å². The van der Waals surface area contributed by atoms with Gasteiger partial charge >= 0.3 is 6.03 Å². The van der Waals surface area contributed by atoms with Gasteiger partial charge in [0.2, 0.25) is 0 Å². The number of hydrogen-bond acceptors (Lipinski definition) is 1. The van der Waals surface area contributed by atoms with Gasteiger partial charge in [-0.1, -0.05) is 27.2 Å². The molecule has 0 aliphatic heterocycles. The van der Waals surface area contributed by atoms with Crippen LogP contribution >= 0.6 is 0 Å². The Balaban J connectivity index is 4.31. The smallest absolute Gasteiger partial charge is 0.317 e. The molecule has 0 bridgehead atoms. The van der Waals surface area contributed by atoms with Crippen molar-refractivity contribution in [1.29, 1.82) is 0 Å². The van der Waals surface area contributed by atoms with Gasteiger partial charge in [0.1, 0.15) is 0 Å². The summed E-state index contributed by atoms with van der Waals surface area (Å²) in [6.07, 6.45) is 4.20. The number of rotatable bonds is 7. The van der Waals surface area contributed by atoms with Gasteiger partial charge in [0.15, 0.2) is 0 Å². The van der Waals surface area contributed by atoms with Gasteiger partial charge in [-0.25, -0.2) is 4.79 Å². The Morgan fingerprint density at radius 2 is 1.81 bits per heavy atom. The van der Waals surface area contributed by atoms with E-state index >= 15 is 0 Å². The van der Waals surface area contributed by atoms with Crippen molar-refractivity contribution in [2.45, 2.75) is 72.4 Å². The topological polar surface area (TPSA) is 32.3 Å². The minimum absolute atomic E-state index is 0.0946. The summed E-state index contributed by atoms with van der Waals surface area (Å²) in [7, 11) is 0. The van der Waals surface area contributed by atoms with Crippen LogP contribution in [0.15, 0.2) is 0 Å². The zero-order valence-electron chi connectivity index (χ0n) is 11.5. The monoisotopic (exact) mass is 228 g/mol. The third-order valence-corrected chi connectivity index (χ3v) is 3.12. The van der Waals surface area contributed by atoms with Crippen molar-refractivity contribution in [3.63, 3.8) is 0 Å². The summed E-state index contributed by atoms with van der Waals surface area (Å²) in [6.45, 7) is 11.4. The van der Waals surface area contributed by atoms with Crippen LogP contribution in [0.25, 0.3) is 0 Å². The zero-order valence-corrected chi connectivity index (χ0v) is 11.5. The molecule has 96 valence electrons. The second-order valence-electron chi connectivity index (χ2n) is 4.56. The van der Waals surface area contributed by atoms with E-state index in [2.05, 4.69) is 33.0 Å². The predicted octanol–water partition coefficient (Wildman–Crippen LogP) is 3.40. The maximum atomic E-state index is 12.0. The highest BCUT2D eigenvalue weighted by Crippen LogP contribution is 2.07. The minimum atomic E-state index is 0.0946. The van der Waals surface area contributed by atoms with Crippen molar-refractivity contribution in [1.82, 2.24) is 10.2 Å². The van der Waals surface area contributed by atoms with E-state index in [1.54, 1.807) is 0 Å². The predicted molar refractivity (Wildman–Crippen MR) is 69.7 cm³/mol. The summed E-state index contributed by atoms with van der Waals surface area (Å²) in [4.78, 5) is 14.0. The van der Waals surface area contributed by atoms with E-state index in [0.717, 1.165) is 32.2 Å². The first-order valence-corrected chi connectivity index (χ1v) is 6.63. The Morgan fingerprint density at radius 1 is 1.19 bits per heavy atom. The summed E-state index contributed by atoms with van der Waals surface area (Å²) in [5.41, 5.74) is 0. The highest BCUT2D eigenvalue weighted by molar-refractivity contribution is 5.74. The lowest BCUT2D eigenvalue weighted by Crippen LogP contribution is -2.47. The van der Waals surface area contributed by atoms with E-state index in [1.165, 1.54) is 0 Å². The normalized spacial score (nSPS) is 14.3. The van der Waals surface area contributed by atoms with Crippen LogP contribution in [0.2, 0.25) is 0 Å². The molecule has 2 amide bonds.